The average Bonchev–Trinajstić information content (AvgIpc) is 3.62. The quantitative estimate of drug-likeness (QED) is 0.0435. The lowest BCUT2D eigenvalue weighted by molar-refractivity contribution is -0.197. The van der Waals surface area contributed by atoms with Crippen molar-refractivity contribution in [2.45, 2.75) is 58.8 Å². The largest absolute Gasteiger partial charge is 0.422 e. The van der Waals surface area contributed by atoms with Gasteiger partial charge in [-0.2, -0.15) is 0 Å². The van der Waals surface area contributed by atoms with Gasteiger partial charge in [0.05, 0.1) is 151 Å². The van der Waals surface area contributed by atoms with Crippen LogP contribution in [0.3, 0.4) is 0 Å². The first kappa shape index (κ1) is 57.2. The van der Waals surface area contributed by atoms with E-state index in [1.807, 2.05) is 13.0 Å². The first-order chi connectivity index (χ1) is 32.6. The molecule has 1 aliphatic heterocycles. The predicted octanol–water partition coefficient (Wildman–Crippen LogP) is 2.34. The van der Waals surface area contributed by atoms with E-state index in [-0.39, 0.29) is 50.3 Å². The van der Waals surface area contributed by atoms with E-state index in [2.05, 4.69) is 0 Å². The average molecular weight is 956 g/mol. The number of nitrogens with zero attached hydrogens (tertiary/aromatic N) is 2. The van der Waals surface area contributed by atoms with Crippen LogP contribution in [0.4, 0.5) is 5.69 Å². The molecule has 0 unspecified atom stereocenters. The summed E-state index contributed by atoms with van der Waals surface area (Å²) in [4.78, 5) is 68.9. The van der Waals surface area contributed by atoms with E-state index in [0.717, 1.165) is 5.56 Å². The van der Waals surface area contributed by atoms with Crippen LogP contribution in [-0.2, 0) is 82.5 Å². The van der Waals surface area contributed by atoms with Crippen molar-refractivity contribution in [2.75, 3.05) is 165 Å². The topological polar surface area (TPSA) is 242 Å². The second kappa shape index (κ2) is 35.9. The van der Waals surface area contributed by atoms with Crippen LogP contribution in [0.1, 0.15) is 55.2 Å². The van der Waals surface area contributed by atoms with Crippen molar-refractivity contribution >= 4 is 40.3 Å². The Morgan fingerprint density at radius 2 is 1.03 bits per heavy atom. The summed E-state index contributed by atoms with van der Waals surface area (Å²) in [5.41, 5.74) is 8.02. The Morgan fingerprint density at radius 1 is 0.597 bits per heavy atom. The number of aryl methyl sites for hydroxylation is 2. The maximum atomic E-state index is 13.7. The lowest BCUT2D eigenvalue weighted by Crippen LogP contribution is -2.37. The summed E-state index contributed by atoms with van der Waals surface area (Å²) in [6, 6.07) is 3.45. The van der Waals surface area contributed by atoms with Crippen LogP contribution in [0.2, 0.25) is 0 Å². The number of carbonyl (C=O) groups excluding carboxylic acids is 4. The molecule has 0 atom stereocenters. The Hall–Kier alpha value is -4.13. The van der Waals surface area contributed by atoms with Gasteiger partial charge >= 0.3 is 11.6 Å². The first-order valence-electron chi connectivity index (χ1n) is 23.1. The highest BCUT2D eigenvalue weighted by atomic mass is 16.7. The van der Waals surface area contributed by atoms with Gasteiger partial charge in [-0.25, -0.2) is 9.59 Å². The third-order valence-electron chi connectivity index (χ3n) is 10.1. The molecule has 1 saturated heterocycles. The van der Waals surface area contributed by atoms with Gasteiger partial charge in [0.25, 0.3) is 11.8 Å². The standard InChI is InChI=1S/C46H73N3O18/c1-36-33-38-37(2)39(46(54)66-41(38)35-40(36)47)34-44(52)48(10-6-4-5-7-45(53)67-49-42(50)8-9-43(49)51)11-12-56-15-16-58-19-20-60-23-24-62-27-28-64-31-32-65-30-29-63-26-25-61-22-21-59-18-17-57-14-13-55-3/h33,35H,4-32,34,47H2,1-3H3. The molecule has 0 aliphatic carbocycles. The fourth-order valence-corrected chi connectivity index (χ4v) is 6.34. The number of rotatable bonds is 42. The number of anilines is 1. The number of imide groups is 1. The molecule has 2 N–H and O–H groups in total. The summed E-state index contributed by atoms with van der Waals surface area (Å²) in [5, 5.41) is 1.24. The summed E-state index contributed by atoms with van der Waals surface area (Å²) < 4.78 is 65.6. The molecular weight excluding hydrogens is 883 g/mol. The van der Waals surface area contributed by atoms with Gasteiger partial charge in [0, 0.05) is 56.6 Å². The van der Waals surface area contributed by atoms with Crippen LogP contribution < -0.4 is 11.4 Å². The third kappa shape index (κ3) is 24.6. The molecule has 67 heavy (non-hydrogen) atoms. The molecule has 21 nitrogen and oxygen atoms in total. The highest BCUT2D eigenvalue weighted by molar-refractivity contribution is 6.01. The predicted molar refractivity (Wildman–Crippen MR) is 242 cm³/mol. The number of methoxy groups -OCH3 is 1. The highest BCUT2D eigenvalue weighted by Crippen LogP contribution is 2.25. The Bertz CT molecular complexity index is 1760. The van der Waals surface area contributed by atoms with Gasteiger partial charge in [-0.05, 0) is 43.9 Å². The van der Waals surface area contributed by atoms with Crippen molar-refractivity contribution in [3.05, 3.63) is 39.2 Å². The molecular formula is C46H73N3O18. The van der Waals surface area contributed by atoms with Crippen molar-refractivity contribution in [2.24, 2.45) is 0 Å². The van der Waals surface area contributed by atoms with E-state index in [1.54, 1.807) is 25.0 Å². The number of ether oxygens (including phenoxy) is 11. The van der Waals surface area contributed by atoms with Crippen molar-refractivity contribution in [1.29, 1.82) is 0 Å². The van der Waals surface area contributed by atoms with E-state index < -0.39 is 23.4 Å². The number of nitrogens with two attached hydrogens (primary N) is 1. The van der Waals surface area contributed by atoms with Gasteiger partial charge in [-0.3, -0.25) is 14.4 Å². The van der Waals surface area contributed by atoms with E-state index in [0.29, 0.717) is 185 Å². The van der Waals surface area contributed by atoms with Crippen LogP contribution in [0, 0.1) is 13.8 Å². The first-order valence-corrected chi connectivity index (χ1v) is 23.1. The summed E-state index contributed by atoms with van der Waals surface area (Å²) in [6.07, 6.45) is 1.41. The molecule has 1 aromatic heterocycles. The van der Waals surface area contributed by atoms with Gasteiger partial charge in [-0.1, -0.05) is 6.42 Å². The van der Waals surface area contributed by atoms with Crippen LogP contribution >= 0.6 is 0 Å². The summed E-state index contributed by atoms with van der Waals surface area (Å²) >= 11 is 0. The number of hydrogen-bond donors (Lipinski definition) is 1. The minimum atomic E-state index is -0.674. The van der Waals surface area contributed by atoms with Crippen LogP contribution in [-0.4, -0.2) is 193 Å². The zero-order chi connectivity index (χ0) is 48.3. The minimum Gasteiger partial charge on any atom is -0.422 e. The lowest BCUT2D eigenvalue weighted by Gasteiger charge is -2.23. The highest BCUT2D eigenvalue weighted by Gasteiger charge is 2.32. The normalized spacial score (nSPS) is 12.8. The maximum Gasteiger partial charge on any atom is 0.340 e. The number of carbonyl (C=O) groups is 4. The van der Waals surface area contributed by atoms with E-state index in [9.17, 15) is 24.0 Å². The smallest absolute Gasteiger partial charge is 0.340 e. The number of hydroxylamine groups is 2. The molecule has 2 heterocycles. The molecule has 3 rings (SSSR count). The Kier molecular flexibility index (Phi) is 30.7. The molecule has 0 saturated carbocycles. The lowest BCUT2D eigenvalue weighted by atomic mass is 10.0. The molecule has 0 spiro atoms. The number of unbranched alkanes of at least 4 members (excludes halogenated alkanes) is 2. The van der Waals surface area contributed by atoms with E-state index in [1.165, 1.54) is 0 Å². The number of amides is 3. The molecule has 380 valence electrons. The number of benzene rings is 1. The van der Waals surface area contributed by atoms with Crippen LogP contribution in [0.25, 0.3) is 11.0 Å². The molecule has 21 heteroatoms. The van der Waals surface area contributed by atoms with Gasteiger partial charge < -0.3 is 72.0 Å². The molecule has 1 aromatic carbocycles. The molecule has 1 fully saturated rings. The van der Waals surface area contributed by atoms with E-state index >= 15 is 0 Å². The fourth-order valence-electron chi connectivity index (χ4n) is 6.34. The maximum absolute atomic E-state index is 13.7. The SMILES string of the molecule is COCCOCCOCCOCCOCCOCCOCCOCCOCCOCCOCCN(CCCCCC(=O)ON1C(=O)CCC1=O)C(=O)Cc1c(C)c2cc(C)c(N)cc2oc1=O. The van der Waals surface area contributed by atoms with Gasteiger partial charge in [-0.15, -0.1) is 5.06 Å². The van der Waals surface area contributed by atoms with Crippen molar-refractivity contribution in [3.8, 4) is 0 Å². The second-order valence-electron chi connectivity index (χ2n) is 15.2. The molecule has 1 aliphatic rings. The third-order valence-corrected chi connectivity index (χ3v) is 10.1. The second-order valence-corrected chi connectivity index (χ2v) is 15.2. The monoisotopic (exact) mass is 955 g/mol. The number of fused-ring (bicyclic) bond motifs is 1. The van der Waals surface area contributed by atoms with Gasteiger partial charge in [0.2, 0.25) is 5.91 Å². The number of nitrogen functional groups attached to an aromatic ring is 1. The van der Waals surface area contributed by atoms with Gasteiger partial charge in [0.15, 0.2) is 0 Å². The zero-order valence-corrected chi connectivity index (χ0v) is 39.7. The van der Waals surface area contributed by atoms with Crippen molar-refractivity contribution in [1.82, 2.24) is 9.96 Å². The number of hydrogen-bond acceptors (Lipinski definition) is 19. The minimum absolute atomic E-state index is 0.00404. The van der Waals surface area contributed by atoms with Crippen LogP contribution in [0.5, 0.6) is 0 Å². The van der Waals surface area contributed by atoms with Crippen molar-refractivity contribution in [3.63, 3.8) is 0 Å². The molecule has 2 aromatic rings. The molecule has 0 radical (unpaired) electrons. The van der Waals surface area contributed by atoms with Gasteiger partial charge in [0.1, 0.15) is 5.58 Å². The van der Waals surface area contributed by atoms with Crippen LogP contribution in [0.15, 0.2) is 21.3 Å². The summed E-state index contributed by atoms with van der Waals surface area (Å²) in [7, 11) is 1.63. The summed E-state index contributed by atoms with van der Waals surface area (Å²) in [5.74, 6) is -2.02. The molecule has 0 bridgehead atoms. The Morgan fingerprint density at radius 3 is 1.48 bits per heavy atom. The van der Waals surface area contributed by atoms with E-state index in [4.69, 9.17) is 67.1 Å². The zero-order valence-electron chi connectivity index (χ0n) is 39.7. The fraction of sp³-hybridized carbons (Fsp3) is 0.717. The summed E-state index contributed by atoms with van der Waals surface area (Å²) in [6.45, 7) is 13.6. The van der Waals surface area contributed by atoms with Crippen molar-refractivity contribution < 1.29 is 80.5 Å². The molecule has 3 amide bonds. The Balaban J connectivity index is 1.18. The Labute approximate surface area is 392 Å².